The number of halogens is 1. The van der Waals surface area contributed by atoms with Gasteiger partial charge in [0.25, 0.3) is 0 Å². The topological polar surface area (TPSA) is 99.6 Å². The van der Waals surface area contributed by atoms with Crippen LogP contribution in [0.3, 0.4) is 0 Å². The summed E-state index contributed by atoms with van der Waals surface area (Å²) in [5.41, 5.74) is 5.00. The van der Waals surface area contributed by atoms with Crippen LogP contribution in [-0.4, -0.2) is 34.2 Å². The number of nitrogens with two attached hydrogens (primary N) is 1. The lowest BCUT2D eigenvalue weighted by Crippen LogP contribution is -2.29. The Hall–Kier alpha value is -0.710. The van der Waals surface area contributed by atoms with Crippen molar-refractivity contribution < 1.29 is 14.6 Å². The molecule has 7 nitrogen and oxygen atoms in total. The number of hydrogen-bond acceptors (Lipinski definition) is 6. The van der Waals surface area contributed by atoms with Crippen LogP contribution in [0.1, 0.15) is 6.23 Å². The average molecular weight is 339 g/mol. The van der Waals surface area contributed by atoms with E-state index in [0.29, 0.717) is 3.57 Å². The largest absolute Gasteiger partial charge is 0.391 e. The summed E-state index contributed by atoms with van der Waals surface area (Å²) in [6.45, 7) is -0.0441. The fourth-order valence-corrected chi connectivity index (χ4v) is 1.77. The molecule has 1 aromatic heterocycles. The third-order valence-corrected chi connectivity index (χ3v) is 2.96. The SMILES string of the molecule is Nc1nc(=O)n([C@@H]2CO[C@H](CO)O2)cc1I. The Balaban J connectivity index is 2.28. The second kappa shape index (κ2) is 4.65. The van der Waals surface area contributed by atoms with Crippen LogP contribution in [0.5, 0.6) is 0 Å². The molecule has 0 spiro atoms. The lowest BCUT2D eigenvalue weighted by atomic mass is 10.5. The van der Waals surface area contributed by atoms with Crippen LogP contribution in [0.25, 0.3) is 0 Å². The first-order valence-corrected chi connectivity index (χ1v) is 5.61. The maximum atomic E-state index is 11.5. The molecule has 16 heavy (non-hydrogen) atoms. The predicted molar refractivity (Wildman–Crippen MR) is 62.6 cm³/mol. The molecule has 0 bridgehead atoms. The molecule has 1 saturated heterocycles. The summed E-state index contributed by atoms with van der Waals surface area (Å²) in [5.74, 6) is 0.194. The van der Waals surface area contributed by atoms with Crippen molar-refractivity contribution in [3.8, 4) is 0 Å². The number of rotatable bonds is 2. The van der Waals surface area contributed by atoms with E-state index in [0.717, 1.165) is 0 Å². The van der Waals surface area contributed by atoms with E-state index in [2.05, 4.69) is 4.98 Å². The van der Waals surface area contributed by atoms with Crippen LogP contribution >= 0.6 is 22.6 Å². The van der Waals surface area contributed by atoms with E-state index in [9.17, 15) is 4.79 Å². The molecule has 8 heteroatoms. The van der Waals surface area contributed by atoms with Gasteiger partial charge in [0.2, 0.25) is 0 Å². The molecular formula is C8H10IN3O4. The number of aliphatic hydroxyl groups excluding tert-OH is 1. The Morgan fingerprint density at radius 1 is 1.75 bits per heavy atom. The third-order valence-electron chi connectivity index (χ3n) is 2.13. The van der Waals surface area contributed by atoms with Crippen molar-refractivity contribution >= 4 is 28.4 Å². The number of nitrogen functional groups attached to an aromatic ring is 1. The van der Waals surface area contributed by atoms with Gasteiger partial charge in [-0.05, 0) is 22.6 Å². The van der Waals surface area contributed by atoms with Crippen LogP contribution in [0.2, 0.25) is 0 Å². The molecule has 1 aliphatic rings. The summed E-state index contributed by atoms with van der Waals surface area (Å²) in [6.07, 6.45) is 0.303. The molecule has 1 aliphatic heterocycles. The van der Waals surface area contributed by atoms with E-state index in [-0.39, 0.29) is 19.0 Å². The van der Waals surface area contributed by atoms with Gasteiger partial charge in [0.1, 0.15) is 5.82 Å². The Kier molecular flexibility index (Phi) is 3.42. The molecule has 0 saturated carbocycles. The lowest BCUT2D eigenvalue weighted by molar-refractivity contribution is -0.0992. The van der Waals surface area contributed by atoms with Crippen LogP contribution < -0.4 is 11.4 Å². The van der Waals surface area contributed by atoms with Crippen molar-refractivity contribution in [3.05, 3.63) is 20.3 Å². The highest BCUT2D eigenvalue weighted by Crippen LogP contribution is 2.20. The van der Waals surface area contributed by atoms with Crippen LogP contribution in [0.15, 0.2) is 11.0 Å². The monoisotopic (exact) mass is 339 g/mol. The van der Waals surface area contributed by atoms with Gasteiger partial charge >= 0.3 is 5.69 Å². The highest BCUT2D eigenvalue weighted by molar-refractivity contribution is 14.1. The predicted octanol–water partition coefficient (Wildman–Crippen LogP) is -0.706. The molecule has 88 valence electrons. The Morgan fingerprint density at radius 2 is 2.50 bits per heavy atom. The highest BCUT2D eigenvalue weighted by atomic mass is 127. The van der Waals surface area contributed by atoms with E-state index in [1.807, 2.05) is 22.6 Å². The quantitative estimate of drug-likeness (QED) is 0.691. The molecule has 3 N–H and O–H groups in total. The molecule has 0 aliphatic carbocycles. The molecule has 0 unspecified atom stereocenters. The Morgan fingerprint density at radius 3 is 3.12 bits per heavy atom. The fraction of sp³-hybridized carbons (Fsp3) is 0.500. The Bertz CT molecular complexity index is 449. The molecule has 2 atom stereocenters. The van der Waals surface area contributed by atoms with Gasteiger partial charge in [0, 0.05) is 6.20 Å². The normalized spacial score (nSPS) is 24.9. The fourth-order valence-electron chi connectivity index (χ4n) is 1.35. The molecule has 1 aromatic rings. The van der Waals surface area contributed by atoms with Crippen molar-refractivity contribution in [2.75, 3.05) is 18.9 Å². The van der Waals surface area contributed by atoms with E-state index in [4.69, 9.17) is 20.3 Å². The third kappa shape index (κ3) is 2.19. The van der Waals surface area contributed by atoms with Crippen LogP contribution in [-0.2, 0) is 9.47 Å². The molecule has 0 amide bonds. The second-order valence-corrected chi connectivity index (χ2v) is 4.36. The molecular weight excluding hydrogens is 329 g/mol. The highest BCUT2D eigenvalue weighted by Gasteiger charge is 2.27. The molecule has 2 heterocycles. The maximum absolute atomic E-state index is 11.5. The zero-order valence-corrected chi connectivity index (χ0v) is 10.3. The standard InChI is InChI=1S/C8H10IN3O4/c9-4-1-12(8(14)11-7(4)10)5-3-15-6(2-13)16-5/h1,5-6,13H,2-3H2,(H2,10,11,14)/t5-,6-/m0/s1. The number of anilines is 1. The summed E-state index contributed by atoms with van der Waals surface area (Å²) in [4.78, 5) is 15.2. The molecule has 1 fully saturated rings. The van der Waals surface area contributed by atoms with Gasteiger partial charge in [-0.25, -0.2) is 4.79 Å². The van der Waals surface area contributed by atoms with E-state index in [1.54, 1.807) is 6.20 Å². The molecule has 2 rings (SSSR count). The smallest absolute Gasteiger partial charge is 0.351 e. The number of ether oxygens (including phenoxy) is 2. The van der Waals surface area contributed by atoms with E-state index in [1.165, 1.54) is 4.57 Å². The van der Waals surface area contributed by atoms with Crippen LogP contribution in [0.4, 0.5) is 5.82 Å². The van der Waals surface area contributed by atoms with E-state index < -0.39 is 18.2 Å². The Labute approximate surface area is 104 Å². The van der Waals surface area contributed by atoms with Gasteiger partial charge in [0.05, 0.1) is 16.8 Å². The van der Waals surface area contributed by atoms with Gasteiger partial charge in [-0.15, -0.1) is 0 Å². The van der Waals surface area contributed by atoms with E-state index >= 15 is 0 Å². The van der Waals surface area contributed by atoms with Crippen molar-refractivity contribution in [1.82, 2.24) is 9.55 Å². The summed E-state index contributed by atoms with van der Waals surface area (Å²) in [5, 5.41) is 8.82. The van der Waals surface area contributed by atoms with Gasteiger partial charge < -0.3 is 20.3 Å². The molecule has 0 radical (unpaired) electrons. The second-order valence-electron chi connectivity index (χ2n) is 3.20. The first kappa shape index (κ1) is 11.8. The van der Waals surface area contributed by atoms with Gasteiger partial charge in [-0.1, -0.05) is 0 Å². The number of nitrogens with zero attached hydrogens (tertiary/aromatic N) is 2. The number of aromatic nitrogens is 2. The minimum atomic E-state index is -0.688. The van der Waals surface area contributed by atoms with Crippen molar-refractivity contribution in [3.63, 3.8) is 0 Å². The lowest BCUT2D eigenvalue weighted by Gasteiger charge is -2.12. The number of hydrogen-bond donors (Lipinski definition) is 2. The van der Waals surface area contributed by atoms with Crippen molar-refractivity contribution in [2.45, 2.75) is 12.5 Å². The van der Waals surface area contributed by atoms with Gasteiger partial charge in [-0.2, -0.15) is 4.98 Å². The zero-order valence-electron chi connectivity index (χ0n) is 8.17. The van der Waals surface area contributed by atoms with Gasteiger partial charge in [0.15, 0.2) is 12.5 Å². The minimum Gasteiger partial charge on any atom is -0.391 e. The van der Waals surface area contributed by atoms with Crippen LogP contribution in [0, 0.1) is 3.57 Å². The maximum Gasteiger partial charge on any atom is 0.351 e. The summed E-state index contributed by atoms with van der Waals surface area (Å²) < 4.78 is 12.3. The first-order valence-electron chi connectivity index (χ1n) is 4.54. The zero-order chi connectivity index (χ0) is 11.7. The number of aliphatic hydroxyl groups is 1. The van der Waals surface area contributed by atoms with Crippen molar-refractivity contribution in [1.29, 1.82) is 0 Å². The van der Waals surface area contributed by atoms with Crippen molar-refractivity contribution in [2.24, 2.45) is 0 Å². The minimum absolute atomic E-state index is 0.194. The first-order chi connectivity index (χ1) is 7.61. The summed E-state index contributed by atoms with van der Waals surface area (Å²) >= 11 is 1.97. The summed E-state index contributed by atoms with van der Waals surface area (Å²) in [7, 11) is 0. The summed E-state index contributed by atoms with van der Waals surface area (Å²) in [6, 6.07) is 0. The average Bonchev–Trinajstić information content (AvgIpc) is 2.71. The van der Waals surface area contributed by atoms with Gasteiger partial charge in [-0.3, -0.25) is 4.57 Å². The molecule has 0 aromatic carbocycles.